The van der Waals surface area contributed by atoms with Crippen LogP contribution in [-0.2, 0) is 17.5 Å². The molecule has 0 fully saturated rings. The predicted molar refractivity (Wildman–Crippen MR) is 156 cm³/mol. The van der Waals surface area contributed by atoms with Gasteiger partial charge in [-0.1, -0.05) is 30.3 Å². The van der Waals surface area contributed by atoms with Gasteiger partial charge in [0, 0.05) is 12.7 Å². The van der Waals surface area contributed by atoms with Gasteiger partial charge in [-0.15, -0.1) is 11.3 Å². The molecule has 2 aromatic heterocycles. The summed E-state index contributed by atoms with van der Waals surface area (Å²) in [6.45, 7) is 6.91. The molecule has 0 unspecified atom stereocenters. The summed E-state index contributed by atoms with van der Waals surface area (Å²) >= 11 is 1.16. The number of carbonyl (C=O) groups excluding carboxylic acids is 2. The van der Waals surface area contributed by atoms with E-state index < -0.39 is 29.5 Å². The largest absolute Gasteiger partial charge is 0.467 e. The predicted octanol–water partition coefficient (Wildman–Crippen LogP) is 6.81. The maximum atomic E-state index is 13.5. The number of alkyl halides is 3. The monoisotopic (exact) mass is 613 g/mol. The zero-order valence-electron chi connectivity index (χ0n) is 24.1. The Kier molecular flexibility index (Phi) is 9.34. The van der Waals surface area contributed by atoms with Crippen molar-refractivity contribution in [2.75, 3.05) is 7.11 Å². The molecule has 0 bridgehead atoms. The van der Waals surface area contributed by atoms with E-state index in [1.54, 1.807) is 58.0 Å². The average Bonchev–Trinajstić information content (AvgIpc) is 3.45. The minimum Gasteiger partial charge on any atom is -0.467 e. The fourth-order valence-electron chi connectivity index (χ4n) is 4.02. The highest BCUT2D eigenvalue weighted by Gasteiger charge is 2.31. The Morgan fingerprint density at radius 3 is 2.40 bits per heavy atom. The number of hydrogen-bond donors (Lipinski definition) is 2. The number of halogens is 3. The lowest BCUT2D eigenvalue weighted by atomic mass is 9.95. The summed E-state index contributed by atoms with van der Waals surface area (Å²) in [6.07, 6.45) is -2.22. The Balaban J connectivity index is 1.49. The van der Waals surface area contributed by atoms with Gasteiger partial charge in [0.2, 0.25) is 0 Å². The van der Waals surface area contributed by atoms with Crippen LogP contribution in [0.1, 0.15) is 60.1 Å². The first kappa shape index (κ1) is 31.4. The molecule has 4 aromatic rings. The minimum atomic E-state index is -4.54. The van der Waals surface area contributed by atoms with E-state index in [1.807, 2.05) is 0 Å². The number of carbonyl (C=O) groups is 2. The maximum Gasteiger partial charge on any atom is 0.416 e. The summed E-state index contributed by atoms with van der Waals surface area (Å²) in [6, 6.07) is 11.6. The van der Waals surface area contributed by atoms with Crippen molar-refractivity contribution in [1.82, 2.24) is 25.6 Å². The fourth-order valence-corrected chi connectivity index (χ4v) is 4.80. The van der Waals surface area contributed by atoms with Crippen LogP contribution in [0.15, 0.2) is 60.9 Å². The molecule has 226 valence electrons. The molecule has 43 heavy (non-hydrogen) atoms. The minimum absolute atomic E-state index is 0.0325. The molecule has 2 aromatic carbocycles. The molecule has 4 rings (SSSR count). The Hall–Kier alpha value is -4.52. The highest BCUT2D eigenvalue weighted by Crippen LogP contribution is 2.35. The van der Waals surface area contributed by atoms with Gasteiger partial charge in [-0.25, -0.2) is 14.8 Å². The molecule has 0 radical (unpaired) electrons. The van der Waals surface area contributed by atoms with E-state index in [4.69, 9.17) is 9.47 Å². The van der Waals surface area contributed by atoms with Gasteiger partial charge < -0.3 is 20.1 Å². The van der Waals surface area contributed by atoms with E-state index in [2.05, 4.69) is 25.6 Å². The van der Waals surface area contributed by atoms with Crippen molar-refractivity contribution >= 4 is 23.3 Å². The summed E-state index contributed by atoms with van der Waals surface area (Å²) < 4.78 is 50.9. The van der Waals surface area contributed by atoms with Gasteiger partial charge in [-0.05, 0) is 68.1 Å². The molecule has 0 aliphatic carbocycles. The van der Waals surface area contributed by atoms with Gasteiger partial charge in [-0.3, -0.25) is 4.79 Å². The summed E-state index contributed by atoms with van der Waals surface area (Å²) in [5.74, 6) is -0.338. The van der Waals surface area contributed by atoms with Gasteiger partial charge in [0.25, 0.3) is 5.91 Å². The summed E-state index contributed by atoms with van der Waals surface area (Å²) in [7, 11) is 1.45. The van der Waals surface area contributed by atoms with Crippen molar-refractivity contribution in [1.29, 1.82) is 0 Å². The maximum absolute atomic E-state index is 13.5. The molecule has 0 saturated heterocycles. The normalized spacial score (nSPS) is 12.4. The van der Waals surface area contributed by atoms with Crippen molar-refractivity contribution in [3.05, 3.63) is 82.5 Å². The molecule has 13 heteroatoms. The first-order chi connectivity index (χ1) is 20.2. The van der Waals surface area contributed by atoms with E-state index in [0.717, 1.165) is 29.0 Å². The van der Waals surface area contributed by atoms with Crippen molar-refractivity contribution in [3.63, 3.8) is 0 Å². The second kappa shape index (κ2) is 12.8. The van der Waals surface area contributed by atoms with Crippen LogP contribution < -0.4 is 15.4 Å². The van der Waals surface area contributed by atoms with Crippen LogP contribution in [0.5, 0.6) is 6.01 Å². The lowest BCUT2D eigenvalue weighted by molar-refractivity contribution is -0.137. The molecular weight excluding hydrogens is 583 g/mol. The zero-order valence-corrected chi connectivity index (χ0v) is 24.9. The van der Waals surface area contributed by atoms with Gasteiger partial charge in [0.05, 0.1) is 24.9 Å². The highest BCUT2D eigenvalue weighted by molar-refractivity contribution is 7.16. The van der Waals surface area contributed by atoms with Crippen molar-refractivity contribution in [3.8, 4) is 27.8 Å². The average molecular weight is 614 g/mol. The van der Waals surface area contributed by atoms with Crippen LogP contribution in [0.25, 0.3) is 21.8 Å². The summed E-state index contributed by atoms with van der Waals surface area (Å²) in [4.78, 5) is 37.9. The molecule has 1 atom stereocenters. The first-order valence-electron chi connectivity index (χ1n) is 13.1. The SMILES string of the molecule is COc1nccc(-c2ncc(C(=O)N[C@H](C)c3ccc(-c4cc(C(F)(F)F)ccc4CNC(=O)OC(C)(C)C)cc3)s2)n1. The Bertz CT molecular complexity index is 1600. The Labute approximate surface area is 250 Å². The third-order valence-corrected chi connectivity index (χ3v) is 7.11. The van der Waals surface area contributed by atoms with E-state index in [1.165, 1.54) is 25.6 Å². The lowest BCUT2D eigenvalue weighted by Crippen LogP contribution is -2.32. The Morgan fingerprint density at radius 2 is 1.74 bits per heavy atom. The first-order valence-corrected chi connectivity index (χ1v) is 14.0. The highest BCUT2D eigenvalue weighted by atomic mass is 32.1. The zero-order chi connectivity index (χ0) is 31.4. The fraction of sp³-hybridized carbons (Fsp3) is 0.300. The summed E-state index contributed by atoms with van der Waals surface area (Å²) in [5.41, 5.74) is 1.04. The number of aromatic nitrogens is 3. The van der Waals surface area contributed by atoms with Gasteiger partial charge in [0.15, 0.2) is 0 Å². The van der Waals surface area contributed by atoms with Crippen molar-refractivity contribution in [2.45, 2.75) is 52.1 Å². The smallest absolute Gasteiger partial charge is 0.416 e. The topological polar surface area (TPSA) is 115 Å². The van der Waals surface area contributed by atoms with Crippen LogP contribution in [0.4, 0.5) is 18.0 Å². The Morgan fingerprint density at radius 1 is 1.02 bits per heavy atom. The van der Waals surface area contributed by atoms with E-state index in [0.29, 0.717) is 32.3 Å². The number of benzene rings is 2. The molecule has 0 aliphatic rings. The quantitative estimate of drug-likeness (QED) is 0.224. The van der Waals surface area contributed by atoms with Crippen LogP contribution in [-0.4, -0.2) is 39.7 Å². The third-order valence-electron chi connectivity index (χ3n) is 6.09. The lowest BCUT2D eigenvalue weighted by Gasteiger charge is -2.20. The van der Waals surface area contributed by atoms with Crippen LogP contribution in [0, 0.1) is 0 Å². The second-order valence-corrected chi connectivity index (χ2v) is 11.5. The van der Waals surface area contributed by atoms with Crippen LogP contribution in [0.2, 0.25) is 0 Å². The molecule has 2 amide bonds. The van der Waals surface area contributed by atoms with Crippen LogP contribution >= 0.6 is 11.3 Å². The summed E-state index contributed by atoms with van der Waals surface area (Å²) in [5, 5.41) is 6.04. The van der Waals surface area contributed by atoms with Gasteiger partial charge in [0.1, 0.15) is 21.2 Å². The number of methoxy groups -OCH3 is 1. The second-order valence-electron chi connectivity index (χ2n) is 10.5. The number of hydrogen-bond acceptors (Lipinski definition) is 8. The van der Waals surface area contributed by atoms with Gasteiger partial charge in [-0.2, -0.15) is 18.2 Å². The van der Waals surface area contributed by atoms with Crippen molar-refractivity contribution < 1.29 is 32.2 Å². The molecule has 0 spiro atoms. The number of thiazole rings is 1. The van der Waals surface area contributed by atoms with E-state index >= 15 is 0 Å². The van der Waals surface area contributed by atoms with E-state index in [9.17, 15) is 22.8 Å². The number of amides is 2. The van der Waals surface area contributed by atoms with Gasteiger partial charge >= 0.3 is 18.3 Å². The number of rotatable bonds is 8. The molecule has 2 heterocycles. The molecular formula is C30H30F3N5O4S. The number of alkyl carbamates (subject to hydrolysis) is 1. The standard InChI is InChI=1S/C30H30F3N5O4S/c1-17(37-25(39)24-16-35-26(43-24)23-12-13-34-27(38-23)41-5)18-6-8-19(9-7-18)22-14-21(30(31,32)33)11-10-20(22)15-36-28(40)42-29(2,3)4/h6-14,16-17H,15H2,1-5H3,(H,36,40)(H,37,39)/t17-/m1/s1. The third kappa shape index (κ3) is 8.28. The number of ether oxygens (including phenoxy) is 2. The molecule has 0 aliphatic heterocycles. The van der Waals surface area contributed by atoms with E-state index in [-0.39, 0.29) is 18.5 Å². The number of nitrogens with one attached hydrogen (secondary N) is 2. The number of nitrogens with zero attached hydrogens (tertiary/aromatic N) is 3. The molecule has 2 N–H and O–H groups in total. The molecule has 0 saturated carbocycles. The molecule has 9 nitrogen and oxygen atoms in total. The van der Waals surface area contributed by atoms with Crippen molar-refractivity contribution in [2.24, 2.45) is 0 Å². The van der Waals surface area contributed by atoms with Crippen LogP contribution in [0.3, 0.4) is 0 Å².